The highest BCUT2D eigenvalue weighted by Crippen LogP contribution is 2.45. The number of anilines is 1. The Morgan fingerprint density at radius 3 is 2.59 bits per heavy atom. The summed E-state index contributed by atoms with van der Waals surface area (Å²) in [4.78, 5) is 44.1. The first-order valence-electron chi connectivity index (χ1n) is 14.4. The van der Waals surface area contributed by atoms with Crippen molar-refractivity contribution in [1.82, 2.24) is 19.7 Å². The summed E-state index contributed by atoms with van der Waals surface area (Å²) in [5.74, 6) is -1.09. The second kappa shape index (κ2) is 11.9. The number of aromatic nitrogens is 3. The molecule has 6 rings (SSSR count). The van der Waals surface area contributed by atoms with Crippen molar-refractivity contribution in [2.45, 2.75) is 32.2 Å². The number of carboxylic acids is 1. The second-order valence-corrected chi connectivity index (χ2v) is 11.6. The van der Waals surface area contributed by atoms with Gasteiger partial charge < -0.3 is 15.2 Å². The van der Waals surface area contributed by atoms with Crippen LogP contribution in [0.15, 0.2) is 59.5 Å². The van der Waals surface area contributed by atoms with Crippen LogP contribution in [0.2, 0.25) is 5.02 Å². The summed E-state index contributed by atoms with van der Waals surface area (Å²) in [7, 11) is 3.10. The molecule has 1 saturated heterocycles. The van der Waals surface area contributed by atoms with E-state index in [2.05, 4.69) is 21.4 Å². The van der Waals surface area contributed by atoms with Gasteiger partial charge in [0.1, 0.15) is 5.56 Å². The Balaban J connectivity index is 1.32. The molecule has 1 aliphatic heterocycles. The number of methoxy groups -OCH3 is 1. The maximum absolute atomic E-state index is 13.0. The van der Waals surface area contributed by atoms with E-state index < -0.39 is 17.4 Å². The molecule has 226 valence electrons. The molecular formula is C33H32ClN5O5. The van der Waals surface area contributed by atoms with E-state index >= 15 is 0 Å². The number of benzene rings is 2. The van der Waals surface area contributed by atoms with E-state index in [0.717, 1.165) is 57.4 Å². The lowest BCUT2D eigenvalue weighted by Gasteiger charge is -2.25. The molecule has 44 heavy (non-hydrogen) atoms. The monoisotopic (exact) mass is 613 g/mol. The van der Waals surface area contributed by atoms with E-state index in [9.17, 15) is 19.5 Å². The number of halogens is 1. The lowest BCUT2D eigenvalue weighted by molar-refractivity contribution is -0.141. The first-order valence-corrected chi connectivity index (χ1v) is 14.8. The summed E-state index contributed by atoms with van der Waals surface area (Å²) in [6, 6.07) is 14.8. The lowest BCUT2D eigenvalue weighted by atomic mass is 9.96. The van der Waals surface area contributed by atoms with E-state index in [0.29, 0.717) is 35.2 Å². The van der Waals surface area contributed by atoms with Gasteiger partial charge in [0.15, 0.2) is 0 Å². The quantitative estimate of drug-likeness (QED) is 0.294. The number of nitrogens with one attached hydrogen (secondary N) is 1. The predicted molar refractivity (Wildman–Crippen MR) is 167 cm³/mol. The average molecular weight is 614 g/mol. The lowest BCUT2D eigenvalue weighted by Crippen LogP contribution is -2.28. The fourth-order valence-electron chi connectivity index (χ4n) is 6.38. The van der Waals surface area contributed by atoms with Crippen molar-refractivity contribution in [3.8, 4) is 28.3 Å². The number of aliphatic carboxylic acids is 1. The SMILES string of the molecule is COc1nc(-c2cccc(-c3cccc(NC(=O)c4ccnn(C)c4=O)c3C)c2Cl)cc2c1C(N1CCC(C(=O)O)C1)CC2. The van der Waals surface area contributed by atoms with Crippen molar-refractivity contribution >= 4 is 29.2 Å². The van der Waals surface area contributed by atoms with Gasteiger partial charge in [0.05, 0.1) is 23.7 Å². The number of nitrogens with zero attached hydrogens (tertiary/aromatic N) is 4. The number of carbonyl (C=O) groups excluding carboxylic acids is 1. The van der Waals surface area contributed by atoms with Crippen LogP contribution in [0, 0.1) is 12.8 Å². The van der Waals surface area contributed by atoms with Crippen molar-refractivity contribution < 1.29 is 19.4 Å². The van der Waals surface area contributed by atoms with E-state index in [-0.39, 0.29) is 17.5 Å². The van der Waals surface area contributed by atoms with Crippen LogP contribution in [0.5, 0.6) is 5.88 Å². The van der Waals surface area contributed by atoms with Crippen LogP contribution in [-0.2, 0) is 18.3 Å². The fraction of sp³-hybridized carbons (Fsp3) is 0.303. The summed E-state index contributed by atoms with van der Waals surface area (Å²) in [6.07, 6.45) is 3.76. The minimum Gasteiger partial charge on any atom is -0.481 e. The van der Waals surface area contributed by atoms with Crippen molar-refractivity contribution in [2.75, 3.05) is 25.5 Å². The first-order chi connectivity index (χ1) is 21.2. The van der Waals surface area contributed by atoms with E-state index in [4.69, 9.17) is 21.3 Å². The number of likely N-dealkylation sites (tertiary alicyclic amines) is 1. The molecule has 2 aromatic carbocycles. The van der Waals surface area contributed by atoms with E-state index in [1.807, 2.05) is 37.3 Å². The van der Waals surface area contributed by atoms with Crippen molar-refractivity contribution in [1.29, 1.82) is 0 Å². The molecule has 4 aromatic rings. The van der Waals surface area contributed by atoms with Crippen LogP contribution in [0.3, 0.4) is 0 Å². The Bertz CT molecular complexity index is 1860. The summed E-state index contributed by atoms with van der Waals surface area (Å²) >= 11 is 7.08. The molecule has 1 fully saturated rings. The largest absolute Gasteiger partial charge is 0.481 e. The van der Waals surface area contributed by atoms with Gasteiger partial charge in [-0.05, 0) is 67.6 Å². The Kier molecular flexibility index (Phi) is 7.96. The topological polar surface area (TPSA) is 127 Å². The molecule has 1 amide bonds. The van der Waals surface area contributed by atoms with Crippen LogP contribution in [0.1, 0.15) is 45.9 Å². The molecule has 2 N–H and O–H groups in total. The van der Waals surface area contributed by atoms with Gasteiger partial charge in [-0.2, -0.15) is 5.10 Å². The number of hydrogen-bond donors (Lipinski definition) is 2. The normalized spacial score (nSPS) is 17.8. The second-order valence-electron chi connectivity index (χ2n) is 11.2. The van der Waals surface area contributed by atoms with Gasteiger partial charge in [-0.1, -0.05) is 41.9 Å². The zero-order valence-electron chi connectivity index (χ0n) is 24.6. The van der Waals surface area contributed by atoms with Crippen molar-refractivity contribution in [2.24, 2.45) is 13.0 Å². The molecule has 2 aliphatic rings. The number of fused-ring (bicyclic) bond motifs is 1. The van der Waals surface area contributed by atoms with Crippen molar-refractivity contribution in [3.63, 3.8) is 0 Å². The molecule has 0 radical (unpaired) electrons. The van der Waals surface area contributed by atoms with E-state index in [1.165, 1.54) is 19.3 Å². The minimum atomic E-state index is -0.747. The van der Waals surface area contributed by atoms with Crippen molar-refractivity contribution in [3.05, 3.63) is 92.4 Å². The number of carbonyl (C=O) groups is 2. The fourth-order valence-corrected chi connectivity index (χ4v) is 6.71. The van der Waals surface area contributed by atoms with Gasteiger partial charge in [0.25, 0.3) is 11.5 Å². The van der Waals surface area contributed by atoms with Crippen LogP contribution in [0.25, 0.3) is 22.4 Å². The highest BCUT2D eigenvalue weighted by Gasteiger charge is 2.38. The molecule has 0 saturated carbocycles. The predicted octanol–water partition coefficient (Wildman–Crippen LogP) is 5.13. The smallest absolute Gasteiger partial charge is 0.307 e. The molecule has 2 atom stereocenters. The summed E-state index contributed by atoms with van der Waals surface area (Å²) in [6.45, 7) is 3.15. The highest BCUT2D eigenvalue weighted by molar-refractivity contribution is 6.36. The Labute approximate surface area is 259 Å². The molecular weight excluding hydrogens is 582 g/mol. The standard InChI is InChI=1S/C33H32ClN5O5/c1-18-21(6-5-9-25(18)36-30(40)24-12-14-35-38(2)32(24)41)22-7-4-8-23(29(22)34)26-16-19-10-11-27(28(19)31(37-26)44-3)39-15-13-20(17-39)33(42)43/h4-9,12,14,16,20,27H,10-11,13,15,17H2,1-3H3,(H,36,40)(H,42,43). The third-order valence-electron chi connectivity index (χ3n) is 8.73. The van der Waals surface area contributed by atoms with Crippen LogP contribution >= 0.6 is 11.6 Å². The molecule has 2 unspecified atom stereocenters. The summed E-state index contributed by atoms with van der Waals surface area (Å²) in [5, 5.41) is 16.7. The zero-order valence-corrected chi connectivity index (χ0v) is 25.4. The van der Waals surface area contributed by atoms with Crippen LogP contribution in [0.4, 0.5) is 5.69 Å². The van der Waals surface area contributed by atoms with Gasteiger partial charge in [-0.15, -0.1) is 0 Å². The number of rotatable bonds is 7. The maximum atomic E-state index is 13.0. The van der Waals surface area contributed by atoms with Gasteiger partial charge in [0, 0.05) is 48.2 Å². The van der Waals surface area contributed by atoms with Crippen LogP contribution < -0.4 is 15.6 Å². The number of carboxylic acid groups (broad SMARTS) is 1. The molecule has 0 spiro atoms. The van der Waals surface area contributed by atoms with Gasteiger partial charge >= 0.3 is 5.97 Å². The summed E-state index contributed by atoms with van der Waals surface area (Å²) < 4.78 is 6.91. The molecule has 1 aliphatic carbocycles. The molecule has 11 heteroatoms. The third-order valence-corrected chi connectivity index (χ3v) is 9.14. The maximum Gasteiger partial charge on any atom is 0.307 e. The Morgan fingerprint density at radius 2 is 1.84 bits per heavy atom. The number of pyridine rings is 1. The first kappa shape index (κ1) is 29.5. The molecule has 3 heterocycles. The Hall–Kier alpha value is -4.54. The number of aryl methyl sites for hydroxylation is 2. The van der Waals surface area contributed by atoms with E-state index in [1.54, 1.807) is 13.2 Å². The third kappa shape index (κ3) is 5.24. The molecule has 2 aromatic heterocycles. The number of amides is 1. The van der Waals surface area contributed by atoms with Gasteiger partial charge in [0.2, 0.25) is 5.88 Å². The summed E-state index contributed by atoms with van der Waals surface area (Å²) in [5.41, 5.74) is 6.05. The van der Waals surface area contributed by atoms with Gasteiger partial charge in [-0.25, -0.2) is 9.67 Å². The average Bonchev–Trinajstić information content (AvgIpc) is 3.67. The number of hydrogen-bond acceptors (Lipinski definition) is 7. The van der Waals surface area contributed by atoms with Crippen LogP contribution in [-0.4, -0.2) is 56.8 Å². The Morgan fingerprint density at radius 1 is 1.09 bits per heavy atom. The molecule has 0 bridgehead atoms. The zero-order chi connectivity index (χ0) is 31.1. The minimum absolute atomic E-state index is 0.00219. The van der Waals surface area contributed by atoms with Gasteiger partial charge in [-0.3, -0.25) is 19.3 Å². The molecule has 10 nitrogen and oxygen atoms in total. The highest BCUT2D eigenvalue weighted by atomic mass is 35.5. The number of ether oxygens (including phenoxy) is 1.